The quantitative estimate of drug-likeness (QED) is 0.408. The Balaban J connectivity index is 0.00000484. The van der Waals surface area contributed by atoms with E-state index in [1.165, 1.54) is 5.56 Å². The van der Waals surface area contributed by atoms with Gasteiger partial charge in [0.1, 0.15) is 5.60 Å². The van der Waals surface area contributed by atoms with Gasteiger partial charge in [-0.1, -0.05) is 0 Å². The van der Waals surface area contributed by atoms with Gasteiger partial charge in [0.05, 0.1) is 0 Å². The van der Waals surface area contributed by atoms with Crippen LogP contribution in [0.5, 0.6) is 0 Å². The molecule has 1 amide bonds. The molecule has 0 atom stereocenters. The van der Waals surface area contributed by atoms with E-state index in [9.17, 15) is 4.79 Å². The lowest BCUT2D eigenvalue weighted by atomic mass is 10.2. The van der Waals surface area contributed by atoms with Gasteiger partial charge in [-0.05, 0) is 43.2 Å². The van der Waals surface area contributed by atoms with E-state index in [0.717, 1.165) is 6.54 Å². The molecule has 0 radical (unpaired) electrons. The predicted molar refractivity (Wildman–Crippen MR) is 107 cm³/mol. The Hall–Kier alpha value is -1.03. The number of carbonyl (C=O) groups is 1. The van der Waals surface area contributed by atoms with Crippen molar-refractivity contribution in [3.8, 4) is 0 Å². The molecule has 0 unspecified atom stereocenters. The second kappa shape index (κ2) is 10.7. The van der Waals surface area contributed by atoms with E-state index in [4.69, 9.17) is 4.74 Å². The van der Waals surface area contributed by atoms with Crippen molar-refractivity contribution in [3.63, 3.8) is 0 Å². The fourth-order valence-electron chi connectivity index (χ4n) is 1.57. The van der Waals surface area contributed by atoms with Gasteiger partial charge in [-0.3, -0.25) is 4.99 Å². The summed E-state index contributed by atoms with van der Waals surface area (Å²) in [5.41, 5.74) is 0.746. The van der Waals surface area contributed by atoms with Gasteiger partial charge in [0, 0.05) is 33.7 Å². The highest BCUT2D eigenvalue weighted by molar-refractivity contribution is 14.0. The van der Waals surface area contributed by atoms with Crippen molar-refractivity contribution >= 4 is 47.4 Å². The molecule has 23 heavy (non-hydrogen) atoms. The Bertz CT molecular complexity index is 486. The summed E-state index contributed by atoms with van der Waals surface area (Å²) < 4.78 is 5.29. The van der Waals surface area contributed by atoms with Gasteiger partial charge in [0.25, 0.3) is 0 Å². The van der Waals surface area contributed by atoms with Crippen molar-refractivity contribution < 1.29 is 9.53 Å². The Morgan fingerprint density at radius 2 is 2.09 bits per heavy atom. The van der Waals surface area contributed by atoms with E-state index in [-0.39, 0.29) is 30.1 Å². The van der Waals surface area contributed by atoms with Crippen LogP contribution < -0.4 is 10.6 Å². The largest absolute Gasteiger partial charge is 0.444 e. The Kier molecular flexibility index (Phi) is 10.2. The van der Waals surface area contributed by atoms with Gasteiger partial charge in [-0.25, -0.2) is 4.79 Å². The van der Waals surface area contributed by atoms with Crippen LogP contribution in [0.25, 0.3) is 0 Å². The molecule has 0 aliphatic heterocycles. The van der Waals surface area contributed by atoms with Crippen LogP contribution in [-0.2, 0) is 11.3 Å². The third kappa shape index (κ3) is 9.65. The number of guanidine groups is 1. The van der Waals surface area contributed by atoms with Crippen LogP contribution >= 0.6 is 35.3 Å². The molecule has 0 fully saturated rings. The number of rotatable bonds is 5. The molecular formula is C15H27IN4O2S. The molecule has 1 aromatic rings. The Morgan fingerprint density at radius 3 is 2.61 bits per heavy atom. The molecule has 8 heteroatoms. The molecule has 0 aliphatic carbocycles. The van der Waals surface area contributed by atoms with Gasteiger partial charge in [-0.15, -0.1) is 24.0 Å². The first-order chi connectivity index (χ1) is 10.3. The molecule has 1 aromatic heterocycles. The van der Waals surface area contributed by atoms with Crippen LogP contribution in [0.2, 0.25) is 0 Å². The van der Waals surface area contributed by atoms with Crippen molar-refractivity contribution in [2.75, 3.05) is 27.2 Å². The van der Waals surface area contributed by atoms with Gasteiger partial charge >= 0.3 is 6.09 Å². The third-order valence-electron chi connectivity index (χ3n) is 2.71. The molecule has 132 valence electrons. The van der Waals surface area contributed by atoms with Crippen molar-refractivity contribution in [3.05, 3.63) is 22.4 Å². The Morgan fingerprint density at radius 1 is 1.39 bits per heavy atom. The highest BCUT2D eigenvalue weighted by Gasteiger charge is 2.19. The number of aliphatic imine (C=N–C) groups is 1. The van der Waals surface area contributed by atoms with Crippen molar-refractivity contribution in [1.82, 2.24) is 15.5 Å². The van der Waals surface area contributed by atoms with Crippen molar-refractivity contribution in [2.24, 2.45) is 4.99 Å². The number of ether oxygens (including phenoxy) is 1. The number of carbonyl (C=O) groups excluding carboxylic acids is 1. The summed E-state index contributed by atoms with van der Waals surface area (Å²) in [5.74, 6) is 0.712. The van der Waals surface area contributed by atoms with Crippen molar-refractivity contribution in [2.45, 2.75) is 32.9 Å². The topological polar surface area (TPSA) is 66.0 Å². The normalized spacial score (nSPS) is 11.4. The van der Waals surface area contributed by atoms with E-state index < -0.39 is 5.60 Å². The van der Waals surface area contributed by atoms with Crippen LogP contribution in [0.4, 0.5) is 4.79 Å². The molecule has 2 N–H and O–H groups in total. The van der Waals surface area contributed by atoms with E-state index in [2.05, 4.69) is 27.1 Å². The van der Waals surface area contributed by atoms with E-state index in [0.29, 0.717) is 19.0 Å². The molecule has 0 saturated heterocycles. The monoisotopic (exact) mass is 454 g/mol. The number of nitrogens with one attached hydrogen (secondary N) is 2. The maximum absolute atomic E-state index is 11.8. The lowest BCUT2D eigenvalue weighted by molar-refractivity contribution is 0.0302. The third-order valence-corrected chi connectivity index (χ3v) is 3.44. The van der Waals surface area contributed by atoms with Gasteiger partial charge in [0.2, 0.25) is 0 Å². The van der Waals surface area contributed by atoms with Gasteiger partial charge < -0.3 is 20.3 Å². The highest BCUT2D eigenvalue weighted by Crippen LogP contribution is 2.08. The fourth-order valence-corrected chi connectivity index (χ4v) is 2.24. The zero-order valence-electron chi connectivity index (χ0n) is 14.4. The molecular weight excluding hydrogens is 427 g/mol. The predicted octanol–water partition coefficient (Wildman–Crippen LogP) is 2.90. The lowest BCUT2D eigenvalue weighted by Gasteiger charge is -2.24. The SMILES string of the molecule is CN=C(NCCN(C)C(=O)OC(C)(C)C)NCc1ccsc1.I. The maximum Gasteiger partial charge on any atom is 0.410 e. The van der Waals surface area contributed by atoms with Crippen molar-refractivity contribution in [1.29, 1.82) is 0 Å². The summed E-state index contributed by atoms with van der Waals surface area (Å²) >= 11 is 1.67. The average molecular weight is 454 g/mol. The molecule has 1 rings (SSSR count). The van der Waals surface area contributed by atoms with Gasteiger partial charge in [0.15, 0.2) is 5.96 Å². The fraction of sp³-hybridized carbons (Fsp3) is 0.600. The number of amides is 1. The molecule has 0 bridgehead atoms. The first-order valence-corrected chi connectivity index (χ1v) is 8.16. The van der Waals surface area contributed by atoms with Crippen LogP contribution in [0.3, 0.4) is 0 Å². The standard InChI is InChI=1S/C15H26N4O2S.HI/c1-15(2,3)21-14(20)19(5)8-7-17-13(16-4)18-10-12-6-9-22-11-12;/h6,9,11H,7-8,10H2,1-5H3,(H2,16,17,18);1H. The molecule has 0 saturated carbocycles. The highest BCUT2D eigenvalue weighted by atomic mass is 127. The summed E-state index contributed by atoms with van der Waals surface area (Å²) in [7, 11) is 3.44. The average Bonchev–Trinajstić information content (AvgIpc) is 2.93. The number of nitrogens with zero attached hydrogens (tertiary/aromatic N) is 2. The number of hydrogen-bond donors (Lipinski definition) is 2. The maximum atomic E-state index is 11.8. The zero-order chi connectivity index (χ0) is 16.6. The summed E-state index contributed by atoms with van der Waals surface area (Å²) in [4.78, 5) is 17.5. The molecule has 1 heterocycles. The van der Waals surface area contributed by atoms with E-state index >= 15 is 0 Å². The second-order valence-electron chi connectivity index (χ2n) is 5.89. The van der Waals surface area contributed by atoms with Crippen LogP contribution in [0.15, 0.2) is 21.8 Å². The van der Waals surface area contributed by atoms with Crippen LogP contribution in [0, 0.1) is 0 Å². The van der Waals surface area contributed by atoms with Gasteiger partial charge in [-0.2, -0.15) is 11.3 Å². The second-order valence-corrected chi connectivity index (χ2v) is 6.67. The first kappa shape index (κ1) is 22.0. The summed E-state index contributed by atoms with van der Waals surface area (Å²) in [6, 6.07) is 2.07. The number of likely N-dealkylation sites (N-methyl/N-ethyl adjacent to an activating group) is 1. The minimum Gasteiger partial charge on any atom is -0.444 e. The summed E-state index contributed by atoms with van der Waals surface area (Å²) in [6.07, 6.45) is -0.324. The minimum absolute atomic E-state index is 0. The van der Waals surface area contributed by atoms with Crippen LogP contribution in [0.1, 0.15) is 26.3 Å². The van der Waals surface area contributed by atoms with E-state index in [1.807, 2.05) is 26.2 Å². The molecule has 0 aromatic carbocycles. The first-order valence-electron chi connectivity index (χ1n) is 7.21. The molecule has 0 spiro atoms. The molecule has 0 aliphatic rings. The lowest BCUT2D eigenvalue weighted by Crippen LogP contribution is -2.42. The number of hydrogen-bond acceptors (Lipinski definition) is 4. The minimum atomic E-state index is -0.475. The summed E-state index contributed by atoms with van der Waals surface area (Å²) in [6.45, 7) is 7.42. The van der Waals surface area contributed by atoms with E-state index in [1.54, 1.807) is 30.3 Å². The number of halogens is 1. The smallest absolute Gasteiger partial charge is 0.410 e. The van der Waals surface area contributed by atoms with Crippen LogP contribution in [-0.4, -0.2) is 49.7 Å². The number of thiophene rings is 1. The zero-order valence-corrected chi connectivity index (χ0v) is 17.5. The summed E-state index contributed by atoms with van der Waals surface area (Å²) in [5, 5.41) is 10.5. The Labute approximate surface area is 159 Å². The molecule has 6 nitrogen and oxygen atoms in total.